The molecule has 1 heteroatoms. The van der Waals surface area contributed by atoms with Crippen molar-refractivity contribution in [2.75, 3.05) is 0 Å². The zero-order valence-electron chi connectivity index (χ0n) is 7.19. The Labute approximate surface area is 64.2 Å². The van der Waals surface area contributed by atoms with Crippen molar-refractivity contribution in [2.45, 2.75) is 58.0 Å². The molecule has 0 radical (unpaired) electrons. The van der Waals surface area contributed by atoms with Crippen molar-refractivity contribution < 1.29 is 0 Å². The lowest BCUT2D eigenvalue weighted by Gasteiger charge is -2.29. The fraction of sp³-hybridized carbons (Fsp3) is 1.00. The lowest BCUT2D eigenvalue weighted by Crippen LogP contribution is -2.41. The third-order valence-corrected chi connectivity index (χ3v) is 2.56. The van der Waals surface area contributed by atoms with E-state index in [1.807, 2.05) is 0 Å². The molecular formula is C9H19N. The van der Waals surface area contributed by atoms with E-state index in [9.17, 15) is 0 Å². The van der Waals surface area contributed by atoms with Gasteiger partial charge in [-0.15, -0.1) is 0 Å². The van der Waals surface area contributed by atoms with Crippen molar-refractivity contribution in [1.29, 1.82) is 0 Å². The second-order valence-corrected chi connectivity index (χ2v) is 3.31. The van der Waals surface area contributed by atoms with Crippen LogP contribution in [0, 0.1) is 0 Å². The van der Waals surface area contributed by atoms with Gasteiger partial charge >= 0.3 is 0 Å². The number of hydrogen-bond donors (Lipinski definition) is 1. The van der Waals surface area contributed by atoms with Crippen LogP contribution in [-0.2, 0) is 0 Å². The third kappa shape index (κ3) is 1.98. The van der Waals surface area contributed by atoms with E-state index < -0.39 is 0 Å². The van der Waals surface area contributed by atoms with Gasteiger partial charge in [-0.1, -0.05) is 20.3 Å². The number of nitrogens with one attached hydrogen (secondary N) is 1. The van der Waals surface area contributed by atoms with E-state index in [2.05, 4.69) is 19.2 Å². The Hall–Kier alpha value is -0.0400. The summed E-state index contributed by atoms with van der Waals surface area (Å²) in [4.78, 5) is 0. The Bertz CT molecular complexity index is 80.7. The van der Waals surface area contributed by atoms with Crippen molar-refractivity contribution in [3.8, 4) is 0 Å². The molecule has 1 nitrogen and oxygen atoms in total. The van der Waals surface area contributed by atoms with Gasteiger partial charge in [0.05, 0.1) is 0 Å². The summed E-state index contributed by atoms with van der Waals surface area (Å²) in [6, 6.07) is 1.64. The third-order valence-electron chi connectivity index (χ3n) is 2.56. The lowest BCUT2D eigenvalue weighted by molar-refractivity contribution is 0.308. The summed E-state index contributed by atoms with van der Waals surface area (Å²) in [7, 11) is 0. The van der Waals surface area contributed by atoms with Crippen LogP contribution in [0.25, 0.3) is 0 Å². The summed E-state index contributed by atoms with van der Waals surface area (Å²) in [5.74, 6) is 0. The molecule has 0 bridgehead atoms. The molecular weight excluding hydrogens is 122 g/mol. The lowest BCUT2D eigenvalue weighted by atomic mass is 9.96. The van der Waals surface area contributed by atoms with Gasteiger partial charge in [0.15, 0.2) is 0 Å². The molecule has 1 aliphatic rings. The highest BCUT2D eigenvalue weighted by Crippen LogP contribution is 2.16. The van der Waals surface area contributed by atoms with Crippen LogP contribution in [-0.4, -0.2) is 12.1 Å². The average Bonchev–Trinajstić information content (AvgIpc) is 2.05. The second-order valence-electron chi connectivity index (χ2n) is 3.31. The fourth-order valence-corrected chi connectivity index (χ4v) is 1.75. The molecule has 0 spiro atoms. The van der Waals surface area contributed by atoms with Crippen LogP contribution in [0.3, 0.4) is 0 Å². The molecule has 0 saturated carbocycles. The van der Waals surface area contributed by atoms with Crippen molar-refractivity contribution in [1.82, 2.24) is 5.32 Å². The van der Waals surface area contributed by atoms with Crippen LogP contribution in [0.4, 0.5) is 0 Å². The largest absolute Gasteiger partial charge is 0.311 e. The predicted molar refractivity (Wildman–Crippen MR) is 45.1 cm³/mol. The molecule has 1 rings (SSSR count). The topological polar surface area (TPSA) is 12.0 Å². The predicted octanol–water partition coefficient (Wildman–Crippen LogP) is 2.32. The average molecular weight is 141 g/mol. The van der Waals surface area contributed by atoms with Gasteiger partial charge in [0, 0.05) is 12.1 Å². The van der Waals surface area contributed by atoms with Gasteiger partial charge in [-0.25, -0.2) is 0 Å². The quantitative estimate of drug-likeness (QED) is 0.622. The maximum Gasteiger partial charge on any atom is 0.00670 e. The standard InChI is InChI=1S/C9H19N/c1-3-8-6-5-7-9(4-2)10-8/h8-10H,3-7H2,1-2H3/t8-,9?/m1/s1. The minimum absolute atomic E-state index is 0.818. The molecule has 1 heterocycles. The van der Waals surface area contributed by atoms with E-state index in [1.165, 1.54) is 32.1 Å². The molecule has 1 N–H and O–H groups in total. The van der Waals surface area contributed by atoms with Crippen molar-refractivity contribution in [3.05, 3.63) is 0 Å². The Morgan fingerprint density at radius 1 is 1.10 bits per heavy atom. The van der Waals surface area contributed by atoms with Gasteiger partial charge in [0.1, 0.15) is 0 Å². The summed E-state index contributed by atoms with van der Waals surface area (Å²) in [6.45, 7) is 4.55. The van der Waals surface area contributed by atoms with Crippen molar-refractivity contribution >= 4 is 0 Å². The Balaban J connectivity index is 2.25. The maximum absolute atomic E-state index is 3.65. The van der Waals surface area contributed by atoms with Crippen molar-refractivity contribution in [2.24, 2.45) is 0 Å². The molecule has 2 atom stereocenters. The van der Waals surface area contributed by atoms with Gasteiger partial charge in [-0.3, -0.25) is 0 Å². The van der Waals surface area contributed by atoms with Crippen LogP contribution in [0.5, 0.6) is 0 Å². The number of piperidine rings is 1. The summed E-state index contributed by atoms with van der Waals surface area (Å²) in [5.41, 5.74) is 0. The van der Waals surface area contributed by atoms with E-state index in [0.29, 0.717) is 0 Å². The summed E-state index contributed by atoms with van der Waals surface area (Å²) in [5, 5.41) is 3.65. The smallest absolute Gasteiger partial charge is 0.00670 e. The first kappa shape index (κ1) is 8.06. The first-order chi connectivity index (χ1) is 4.86. The first-order valence-corrected chi connectivity index (χ1v) is 4.62. The monoisotopic (exact) mass is 141 g/mol. The van der Waals surface area contributed by atoms with Crippen LogP contribution >= 0.6 is 0 Å². The van der Waals surface area contributed by atoms with Crippen LogP contribution in [0.1, 0.15) is 46.0 Å². The molecule has 0 aromatic rings. The molecule has 1 unspecified atom stereocenters. The van der Waals surface area contributed by atoms with E-state index in [1.54, 1.807) is 0 Å². The molecule has 0 aromatic heterocycles. The highest BCUT2D eigenvalue weighted by atomic mass is 15.0. The Morgan fingerprint density at radius 3 is 2.00 bits per heavy atom. The minimum Gasteiger partial charge on any atom is -0.311 e. The normalized spacial score (nSPS) is 34.2. The van der Waals surface area contributed by atoms with E-state index in [-0.39, 0.29) is 0 Å². The van der Waals surface area contributed by atoms with Gasteiger partial charge in [-0.05, 0) is 25.7 Å². The summed E-state index contributed by atoms with van der Waals surface area (Å²) in [6.07, 6.45) is 6.83. The van der Waals surface area contributed by atoms with Gasteiger partial charge < -0.3 is 5.32 Å². The Morgan fingerprint density at radius 2 is 1.60 bits per heavy atom. The molecule has 60 valence electrons. The zero-order chi connectivity index (χ0) is 7.40. The minimum atomic E-state index is 0.818. The highest BCUT2D eigenvalue weighted by Gasteiger charge is 2.17. The van der Waals surface area contributed by atoms with Crippen LogP contribution in [0.15, 0.2) is 0 Å². The molecule has 0 aliphatic carbocycles. The van der Waals surface area contributed by atoms with E-state index in [4.69, 9.17) is 0 Å². The van der Waals surface area contributed by atoms with Gasteiger partial charge in [-0.2, -0.15) is 0 Å². The van der Waals surface area contributed by atoms with E-state index in [0.717, 1.165) is 12.1 Å². The highest BCUT2D eigenvalue weighted by molar-refractivity contribution is 4.78. The maximum atomic E-state index is 3.65. The number of hydrogen-bond acceptors (Lipinski definition) is 1. The van der Waals surface area contributed by atoms with Crippen LogP contribution in [0.2, 0.25) is 0 Å². The fourth-order valence-electron chi connectivity index (χ4n) is 1.75. The summed E-state index contributed by atoms with van der Waals surface area (Å²) < 4.78 is 0. The molecule has 0 aromatic carbocycles. The molecule has 10 heavy (non-hydrogen) atoms. The van der Waals surface area contributed by atoms with Crippen molar-refractivity contribution in [3.63, 3.8) is 0 Å². The zero-order valence-corrected chi connectivity index (χ0v) is 7.19. The molecule has 1 aliphatic heterocycles. The van der Waals surface area contributed by atoms with Gasteiger partial charge in [0.25, 0.3) is 0 Å². The molecule has 1 saturated heterocycles. The molecule has 1 fully saturated rings. The summed E-state index contributed by atoms with van der Waals surface area (Å²) >= 11 is 0. The van der Waals surface area contributed by atoms with E-state index >= 15 is 0 Å². The first-order valence-electron chi connectivity index (χ1n) is 4.62. The van der Waals surface area contributed by atoms with Crippen LogP contribution < -0.4 is 5.32 Å². The Kier molecular flexibility index (Phi) is 3.20. The second kappa shape index (κ2) is 3.97. The van der Waals surface area contributed by atoms with Gasteiger partial charge in [0.2, 0.25) is 0 Å². The number of rotatable bonds is 2. The SMILES string of the molecule is CCC1CCC[C@@H](CC)N1. The molecule has 0 amide bonds.